The zero-order valence-electron chi connectivity index (χ0n) is 11.9. The highest BCUT2D eigenvalue weighted by Gasteiger charge is 2.43. The third-order valence-electron chi connectivity index (χ3n) is 5.10. The Labute approximate surface area is 115 Å². The summed E-state index contributed by atoms with van der Waals surface area (Å²) in [5.41, 5.74) is 2.54. The molecule has 3 atom stereocenters. The number of carbonyl (C=O) groups is 1. The molecule has 102 valence electrons. The molecule has 2 heteroatoms. The Morgan fingerprint density at radius 3 is 2.68 bits per heavy atom. The van der Waals surface area contributed by atoms with E-state index in [1.165, 1.54) is 30.4 Å². The quantitative estimate of drug-likeness (QED) is 0.813. The summed E-state index contributed by atoms with van der Waals surface area (Å²) < 4.78 is 0. The first-order chi connectivity index (χ1) is 9.15. The average Bonchev–Trinajstić information content (AvgIpc) is 3.03. The van der Waals surface area contributed by atoms with Gasteiger partial charge in [0.1, 0.15) is 0 Å². The number of amides is 1. The lowest BCUT2D eigenvalue weighted by atomic mass is 9.88. The van der Waals surface area contributed by atoms with Gasteiger partial charge in [0.2, 0.25) is 5.91 Å². The maximum atomic E-state index is 12.6. The second-order valence-electron chi connectivity index (χ2n) is 6.40. The van der Waals surface area contributed by atoms with Crippen molar-refractivity contribution in [3.63, 3.8) is 0 Å². The van der Waals surface area contributed by atoms with Gasteiger partial charge in [0.05, 0.1) is 0 Å². The highest BCUT2D eigenvalue weighted by Crippen LogP contribution is 2.48. The molecule has 2 nitrogen and oxygen atoms in total. The first kappa shape index (κ1) is 12.7. The predicted octanol–water partition coefficient (Wildman–Crippen LogP) is 3.39. The van der Waals surface area contributed by atoms with Crippen molar-refractivity contribution in [3.8, 4) is 0 Å². The van der Waals surface area contributed by atoms with E-state index in [-0.39, 0.29) is 0 Å². The van der Waals surface area contributed by atoms with Crippen LogP contribution in [0.2, 0.25) is 0 Å². The lowest BCUT2D eigenvalue weighted by molar-refractivity contribution is -0.136. The number of hydrogen-bond acceptors (Lipinski definition) is 1. The molecule has 3 unspecified atom stereocenters. The summed E-state index contributed by atoms with van der Waals surface area (Å²) >= 11 is 0. The first-order valence-corrected chi connectivity index (χ1v) is 7.44. The van der Waals surface area contributed by atoms with E-state index in [0.717, 1.165) is 18.9 Å². The van der Waals surface area contributed by atoms with Crippen molar-refractivity contribution >= 4 is 5.91 Å². The Morgan fingerprint density at radius 2 is 2.05 bits per heavy atom. The van der Waals surface area contributed by atoms with Gasteiger partial charge in [-0.05, 0) is 49.1 Å². The summed E-state index contributed by atoms with van der Waals surface area (Å²) in [6.07, 6.45) is 5.07. The van der Waals surface area contributed by atoms with Gasteiger partial charge >= 0.3 is 0 Å². The van der Waals surface area contributed by atoms with Crippen molar-refractivity contribution in [2.45, 2.75) is 39.2 Å². The van der Waals surface area contributed by atoms with Gasteiger partial charge in [-0.25, -0.2) is 0 Å². The van der Waals surface area contributed by atoms with Crippen LogP contribution in [0, 0.1) is 24.7 Å². The molecular weight excluding hydrogens is 234 g/mol. The van der Waals surface area contributed by atoms with Crippen LogP contribution in [0.5, 0.6) is 0 Å². The van der Waals surface area contributed by atoms with Crippen molar-refractivity contribution in [1.82, 2.24) is 4.90 Å². The summed E-state index contributed by atoms with van der Waals surface area (Å²) in [5.74, 6) is 2.20. The summed E-state index contributed by atoms with van der Waals surface area (Å²) in [6.45, 7) is 2.87. The molecule has 2 fully saturated rings. The molecule has 0 saturated heterocycles. The third-order valence-corrected chi connectivity index (χ3v) is 5.10. The Bertz CT molecular complexity index is 482. The van der Waals surface area contributed by atoms with Crippen molar-refractivity contribution in [3.05, 3.63) is 35.4 Å². The number of aryl methyl sites for hydroxylation is 1. The zero-order chi connectivity index (χ0) is 13.4. The molecule has 0 heterocycles. The molecule has 2 saturated carbocycles. The van der Waals surface area contributed by atoms with Crippen LogP contribution in [-0.4, -0.2) is 17.9 Å². The predicted molar refractivity (Wildman–Crippen MR) is 76.6 cm³/mol. The fourth-order valence-corrected chi connectivity index (χ4v) is 3.95. The van der Waals surface area contributed by atoms with E-state index in [4.69, 9.17) is 0 Å². The highest BCUT2D eigenvalue weighted by atomic mass is 16.2. The molecular formula is C17H23NO. The molecule has 2 aliphatic carbocycles. The van der Waals surface area contributed by atoms with E-state index in [2.05, 4.69) is 31.2 Å². The van der Waals surface area contributed by atoms with E-state index in [9.17, 15) is 4.79 Å². The van der Waals surface area contributed by atoms with Crippen LogP contribution in [0.4, 0.5) is 0 Å². The van der Waals surface area contributed by atoms with Gasteiger partial charge in [0, 0.05) is 19.5 Å². The lowest BCUT2D eigenvalue weighted by Gasteiger charge is -2.27. The number of hydrogen-bond donors (Lipinski definition) is 0. The minimum absolute atomic E-state index is 0.313. The van der Waals surface area contributed by atoms with E-state index in [1.807, 2.05) is 11.9 Å². The van der Waals surface area contributed by atoms with Gasteiger partial charge in [-0.2, -0.15) is 0 Å². The molecule has 19 heavy (non-hydrogen) atoms. The maximum absolute atomic E-state index is 12.6. The number of carbonyl (C=O) groups excluding carboxylic acids is 1. The number of nitrogens with zero attached hydrogens (tertiary/aromatic N) is 1. The number of rotatable bonds is 3. The fourth-order valence-electron chi connectivity index (χ4n) is 3.95. The normalized spacial score (nSPS) is 28.6. The highest BCUT2D eigenvalue weighted by molar-refractivity contribution is 5.79. The van der Waals surface area contributed by atoms with Crippen LogP contribution in [0.15, 0.2) is 24.3 Å². The first-order valence-electron chi connectivity index (χ1n) is 7.44. The number of fused-ring (bicyclic) bond motifs is 2. The molecule has 1 aromatic rings. The second-order valence-corrected chi connectivity index (χ2v) is 6.40. The van der Waals surface area contributed by atoms with Crippen LogP contribution in [0.25, 0.3) is 0 Å². The molecule has 1 aromatic carbocycles. The van der Waals surface area contributed by atoms with Gasteiger partial charge in [0.15, 0.2) is 0 Å². The summed E-state index contributed by atoms with van der Waals surface area (Å²) in [5, 5.41) is 0. The zero-order valence-corrected chi connectivity index (χ0v) is 11.9. The molecule has 3 rings (SSSR count). The molecule has 0 spiro atoms. The molecule has 2 bridgehead atoms. The molecule has 1 amide bonds. The summed E-state index contributed by atoms with van der Waals surface area (Å²) in [4.78, 5) is 14.5. The van der Waals surface area contributed by atoms with E-state index in [1.54, 1.807) is 0 Å². The molecule has 0 N–H and O–H groups in total. The van der Waals surface area contributed by atoms with Gasteiger partial charge in [-0.3, -0.25) is 4.79 Å². The van der Waals surface area contributed by atoms with Crippen molar-refractivity contribution in [2.75, 3.05) is 7.05 Å². The SMILES string of the molecule is Cc1ccccc1CN(C)C(=O)C1CC2CCC1C2. The van der Waals surface area contributed by atoms with E-state index >= 15 is 0 Å². The average molecular weight is 257 g/mol. The largest absolute Gasteiger partial charge is 0.341 e. The van der Waals surface area contributed by atoms with Crippen LogP contribution < -0.4 is 0 Å². The van der Waals surface area contributed by atoms with Crippen LogP contribution >= 0.6 is 0 Å². The second kappa shape index (κ2) is 4.99. The summed E-state index contributed by atoms with van der Waals surface area (Å²) in [6, 6.07) is 8.35. The van der Waals surface area contributed by atoms with Crippen LogP contribution in [0.3, 0.4) is 0 Å². The monoisotopic (exact) mass is 257 g/mol. The van der Waals surface area contributed by atoms with Gasteiger partial charge < -0.3 is 4.90 Å². The van der Waals surface area contributed by atoms with Gasteiger partial charge in [0.25, 0.3) is 0 Å². The Morgan fingerprint density at radius 1 is 1.26 bits per heavy atom. The van der Waals surface area contributed by atoms with Gasteiger partial charge in [-0.1, -0.05) is 30.7 Å². The minimum atomic E-state index is 0.313. The van der Waals surface area contributed by atoms with E-state index < -0.39 is 0 Å². The molecule has 0 aliphatic heterocycles. The Balaban J connectivity index is 1.66. The van der Waals surface area contributed by atoms with Crippen molar-refractivity contribution in [2.24, 2.45) is 17.8 Å². The topological polar surface area (TPSA) is 20.3 Å². The van der Waals surface area contributed by atoms with Crippen molar-refractivity contribution in [1.29, 1.82) is 0 Å². The third kappa shape index (κ3) is 2.41. The molecule has 2 aliphatic rings. The molecule has 0 radical (unpaired) electrons. The fraction of sp³-hybridized carbons (Fsp3) is 0.588. The van der Waals surface area contributed by atoms with Crippen LogP contribution in [-0.2, 0) is 11.3 Å². The van der Waals surface area contributed by atoms with Crippen molar-refractivity contribution < 1.29 is 4.79 Å². The standard InChI is InChI=1S/C17H23NO/c1-12-5-3-4-6-15(12)11-18(2)17(19)16-10-13-7-8-14(16)9-13/h3-6,13-14,16H,7-11H2,1-2H3. The van der Waals surface area contributed by atoms with E-state index in [0.29, 0.717) is 17.7 Å². The van der Waals surface area contributed by atoms with Gasteiger partial charge in [-0.15, -0.1) is 0 Å². The van der Waals surface area contributed by atoms with Crippen LogP contribution in [0.1, 0.15) is 36.8 Å². The lowest BCUT2D eigenvalue weighted by Crippen LogP contribution is -2.35. The Hall–Kier alpha value is -1.31. The maximum Gasteiger partial charge on any atom is 0.226 e. The summed E-state index contributed by atoms with van der Waals surface area (Å²) in [7, 11) is 1.96. The minimum Gasteiger partial charge on any atom is -0.341 e. The molecule has 0 aromatic heterocycles. The number of benzene rings is 1. The Kier molecular flexibility index (Phi) is 3.34. The smallest absolute Gasteiger partial charge is 0.226 e.